The molecule has 0 radical (unpaired) electrons. The highest BCUT2D eigenvalue weighted by Crippen LogP contribution is 2.36. The number of halogens is 4. The normalized spacial score (nSPS) is 17.3. The predicted molar refractivity (Wildman–Crippen MR) is 80.9 cm³/mol. The van der Waals surface area contributed by atoms with Crippen molar-refractivity contribution in [2.75, 3.05) is 6.26 Å². The molecule has 1 atom stereocenters. The molecular formula is C14H12F4N2O2S2. The lowest BCUT2D eigenvalue weighted by Crippen LogP contribution is -2.11. The van der Waals surface area contributed by atoms with Gasteiger partial charge >= 0.3 is 0 Å². The number of aromatic amines is 1. The minimum Gasteiger partial charge on any atom is -0.333 e. The number of fused-ring (bicyclic) bond motifs is 1. The van der Waals surface area contributed by atoms with E-state index in [1.807, 2.05) is 0 Å². The number of hydrogen-bond acceptors (Lipinski definition) is 3. The monoisotopic (exact) mass is 380 g/mol. The summed E-state index contributed by atoms with van der Waals surface area (Å²) in [6, 6.07) is 0.158. The van der Waals surface area contributed by atoms with Gasteiger partial charge in [0, 0.05) is 36.0 Å². The molecule has 0 unspecified atom stereocenters. The standard InChI is InChI=1S/C14H12F4N2O2S2/c1-24(21,22)5-9-10-2-6(4-20(10)14(23)19-9)11-12(17)7(15)3-8(16)13(11)18/h3,6H,2,4-5H2,1H3,(H,19,23)/t6-/m1/s1. The Bertz CT molecular complexity index is 969. The molecule has 1 aliphatic heterocycles. The fraction of sp³-hybridized carbons (Fsp3) is 0.357. The van der Waals surface area contributed by atoms with Crippen LogP contribution in [0.3, 0.4) is 0 Å². The van der Waals surface area contributed by atoms with Gasteiger partial charge in [-0.25, -0.2) is 26.0 Å². The van der Waals surface area contributed by atoms with Gasteiger partial charge in [0.05, 0.1) is 11.4 Å². The summed E-state index contributed by atoms with van der Waals surface area (Å²) in [5.41, 5.74) is 0.109. The Morgan fingerprint density at radius 3 is 2.38 bits per heavy atom. The second-order valence-electron chi connectivity index (χ2n) is 5.82. The summed E-state index contributed by atoms with van der Waals surface area (Å²) in [7, 11) is -3.36. The van der Waals surface area contributed by atoms with Crippen LogP contribution >= 0.6 is 12.2 Å². The predicted octanol–water partition coefficient (Wildman–Crippen LogP) is 2.99. The highest BCUT2D eigenvalue weighted by Gasteiger charge is 2.33. The molecule has 130 valence electrons. The maximum atomic E-state index is 14.0. The first-order chi connectivity index (χ1) is 11.1. The molecular weight excluding hydrogens is 368 g/mol. The van der Waals surface area contributed by atoms with Gasteiger partial charge in [0.2, 0.25) is 0 Å². The minimum absolute atomic E-state index is 0.00512. The Labute approximate surface area is 140 Å². The second-order valence-corrected chi connectivity index (χ2v) is 8.35. The third-order valence-corrected chi connectivity index (χ3v) is 5.12. The molecule has 24 heavy (non-hydrogen) atoms. The fourth-order valence-corrected chi connectivity index (χ4v) is 4.10. The maximum absolute atomic E-state index is 14.0. The Hall–Kier alpha value is -1.68. The first-order valence-corrected chi connectivity index (χ1v) is 9.36. The summed E-state index contributed by atoms with van der Waals surface area (Å²) >= 11 is 5.09. The summed E-state index contributed by atoms with van der Waals surface area (Å²) in [6.07, 6.45) is 1.07. The first kappa shape index (κ1) is 17.2. The third-order valence-electron chi connectivity index (χ3n) is 3.98. The zero-order valence-corrected chi connectivity index (χ0v) is 14.0. The molecule has 0 spiro atoms. The zero-order valence-electron chi connectivity index (χ0n) is 12.4. The molecule has 10 heteroatoms. The number of benzene rings is 1. The molecule has 0 saturated heterocycles. The van der Waals surface area contributed by atoms with Crippen molar-refractivity contribution >= 4 is 22.1 Å². The van der Waals surface area contributed by atoms with E-state index < -0.39 is 44.6 Å². The molecule has 4 nitrogen and oxygen atoms in total. The van der Waals surface area contributed by atoms with Crippen LogP contribution in [0.5, 0.6) is 0 Å². The van der Waals surface area contributed by atoms with Crippen molar-refractivity contribution in [3.8, 4) is 0 Å². The highest BCUT2D eigenvalue weighted by atomic mass is 32.2. The lowest BCUT2D eigenvalue weighted by atomic mass is 9.95. The average Bonchev–Trinajstić information content (AvgIpc) is 2.98. The SMILES string of the molecule is CS(=O)(=O)Cc1[nH]c(=S)n2c1C[C@@H](c1c(F)c(F)cc(F)c1F)C2. The molecule has 0 fully saturated rings. The second kappa shape index (κ2) is 5.69. The van der Waals surface area contributed by atoms with Gasteiger partial charge in [-0.3, -0.25) is 0 Å². The molecule has 2 heterocycles. The quantitative estimate of drug-likeness (QED) is 0.506. The largest absolute Gasteiger partial charge is 0.333 e. The van der Waals surface area contributed by atoms with Crippen LogP contribution in [0.2, 0.25) is 0 Å². The van der Waals surface area contributed by atoms with E-state index in [0.29, 0.717) is 11.4 Å². The summed E-state index contributed by atoms with van der Waals surface area (Å²) in [5.74, 6) is -7.01. The number of nitrogens with one attached hydrogen (secondary N) is 1. The lowest BCUT2D eigenvalue weighted by Gasteiger charge is -2.13. The van der Waals surface area contributed by atoms with Crippen molar-refractivity contribution < 1.29 is 26.0 Å². The van der Waals surface area contributed by atoms with E-state index in [2.05, 4.69) is 4.98 Å². The van der Waals surface area contributed by atoms with Crippen molar-refractivity contribution in [2.45, 2.75) is 24.6 Å². The van der Waals surface area contributed by atoms with Gasteiger partial charge in [-0.2, -0.15) is 0 Å². The Morgan fingerprint density at radius 1 is 1.25 bits per heavy atom. The number of H-pyrrole nitrogens is 1. The van der Waals surface area contributed by atoms with E-state index in [1.165, 1.54) is 4.57 Å². The Balaban J connectivity index is 2.05. The minimum atomic E-state index is -3.36. The molecule has 0 aliphatic carbocycles. The van der Waals surface area contributed by atoms with Crippen LogP contribution in [0, 0.1) is 28.0 Å². The highest BCUT2D eigenvalue weighted by molar-refractivity contribution is 7.89. The van der Waals surface area contributed by atoms with Crippen molar-refractivity contribution in [1.29, 1.82) is 0 Å². The van der Waals surface area contributed by atoms with Gasteiger partial charge in [-0.15, -0.1) is 0 Å². The van der Waals surface area contributed by atoms with Crippen molar-refractivity contribution in [3.63, 3.8) is 0 Å². The van der Waals surface area contributed by atoms with Gasteiger partial charge in [0.15, 0.2) is 37.9 Å². The van der Waals surface area contributed by atoms with Gasteiger partial charge in [0.1, 0.15) is 0 Å². The Morgan fingerprint density at radius 2 is 1.83 bits per heavy atom. The molecule has 3 rings (SSSR count). The fourth-order valence-electron chi connectivity index (χ4n) is 3.02. The van der Waals surface area contributed by atoms with Gasteiger partial charge in [0.25, 0.3) is 0 Å². The number of nitrogens with zero attached hydrogens (tertiary/aromatic N) is 1. The van der Waals surface area contributed by atoms with Crippen LogP contribution in [0.25, 0.3) is 0 Å². The third kappa shape index (κ3) is 2.88. The summed E-state index contributed by atoms with van der Waals surface area (Å²) < 4.78 is 79.4. The average molecular weight is 380 g/mol. The van der Waals surface area contributed by atoms with Crippen molar-refractivity contribution in [1.82, 2.24) is 9.55 Å². The van der Waals surface area contributed by atoms with Gasteiger partial charge in [-0.1, -0.05) is 0 Å². The zero-order chi connectivity index (χ0) is 17.8. The lowest BCUT2D eigenvalue weighted by molar-refractivity contribution is 0.423. The summed E-state index contributed by atoms with van der Waals surface area (Å²) in [6.45, 7) is 0.00512. The summed E-state index contributed by atoms with van der Waals surface area (Å²) in [4.78, 5) is 2.76. The summed E-state index contributed by atoms with van der Waals surface area (Å²) in [5, 5.41) is 0. The molecule has 1 aliphatic rings. The smallest absolute Gasteiger partial charge is 0.177 e. The number of rotatable bonds is 3. The van der Waals surface area contributed by atoms with Crippen LogP contribution in [0.1, 0.15) is 22.9 Å². The van der Waals surface area contributed by atoms with Crippen molar-refractivity contribution in [3.05, 3.63) is 51.1 Å². The number of aromatic nitrogens is 2. The van der Waals surface area contributed by atoms with Crippen molar-refractivity contribution in [2.24, 2.45) is 0 Å². The van der Waals surface area contributed by atoms with Crippen LogP contribution < -0.4 is 0 Å². The van der Waals surface area contributed by atoms with Crippen LogP contribution in [-0.4, -0.2) is 24.2 Å². The molecule has 1 N–H and O–H groups in total. The molecule has 2 aromatic rings. The van der Waals surface area contributed by atoms with E-state index in [9.17, 15) is 26.0 Å². The number of sulfone groups is 1. The van der Waals surface area contributed by atoms with E-state index in [1.54, 1.807) is 0 Å². The molecule has 1 aromatic carbocycles. The van der Waals surface area contributed by atoms with E-state index in [4.69, 9.17) is 12.2 Å². The first-order valence-electron chi connectivity index (χ1n) is 6.89. The van der Waals surface area contributed by atoms with Crippen LogP contribution in [0.4, 0.5) is 17.6 Å². The van der Waals surface area contributed by atoms with Gasteiger partial charge in [-0.05, 0) is 18.6 Å². The molecule has 0 bridgehead atoms. The van der Waals surface area contributed by atoms with E-state index in [0.717, 1.165) is 6.26 Å². The van der Waals surface area contributed by atoms with E-state index in [-0.39, 0.29) is 29.6 Å². The topological polar surface area (TPSA) is 54.9 Å². The van der Waals surface area contributed by atoms with Crippen LogP contribution in [0.15, 0.2) is 6.07 Å². The number of hydrogen-bond donors (Lipinski definition) is 1. The van der Waals surface area contributed by atoms with Crippen LogP contribution in [-0.2, 0) is 28.6 Å². The molecule has 0 amide bonds. The number of imidazole rings is 1. The maximum Gasteiger partial charge on any atom is 0.177 e. The van der Waals surface area contributed by atoms with E-state index >= 15 is 0 Å². The Kier molecular flexibility index (Phi) is 4.07. The molecule has 1 aromatic heterocycles. The molecule has 0 saturated carbocycles. The van der Waals surface area contributed by atoms with Gasteiger partial charge < -0.3 is 9.55 Å².